The minimum Gasteiger partial charge on any atom is -0.143 e. The zero-order chi connectivity index (χ0) is 10.1. The van der Waals surface area contributed by atoms with Crippen molar-refractivity contribution in [3.05, 3.63) is 26.6 Å². The maximum Gasteiger partial charge on any atom is 0.0487 e. The molecule has 0 atom stereocenters. The second-order valence-electron chi connectivity index (χ2n) is 2.86. The highest BCUT2D eigenvalue weighted by Gasteiger charge is 2.10. The van der Waals surface area contributed by atoms with Crippen LogP contribution in [0.2, 0.25) is 0 Å². The number of rotatable bonds is 2. The molecule has 2 rings (SSSR count). The fraction of sp³-hybridized carbons (Fsp3) is 0.200. The van der Waals surface area contributed by atoms with Crippen molar-refractivity contribution in [2.45, 2.75) is 10.8 Å². The van der Waals surface area contributed by atoms with Crippen LogP contribution in [0.25, 0.3) is 10.1 Å². The minimum atomic E-state index is 0.595. The van der Waals surface area contributed by atoms with Crippen molar-refractivity contribution < 1.29 is 0 Å². The summed E-state index contributed by atoms with van der Waals surface area (Å²) in [6.07, 6.45) is 2.10. The summed E-state index contributed by atoms with van der Waals surface area (Å²) in [5, 5.41) is 3.45. The van der Waals surface area contributed by atoms with E-state index in [9.17, 15) is 0 Å². The summed E-state index contributed by atoms with van der Waals surface area (Å²) in [6.45, 7) is 0. The van der Waals surface area contributed by atoms with Gasteiger partial charge in [-0.3, -0.25) is 0 Å². The van der Waals surface area contributed by atoms with Gasteiger partial charge in [0.05, 0.1) is 0 Å². The second kappa shape index (κ2) is 4.60. The van der Waals surface area contributed by atoms with Crippen LogP contribution >= 0.6 is 57.3 Å². The largest absolute Gasteiger partial charge is 0.143 e. The Kier molecular flexibility index (Phi) is 3.63. The molecule has 0 aliphatic heterocycles. The number of thiophene rings is 1. The van der Waals surface area contributed by atoms with E-state index in [1.165, 1.54) is 24.1 Å². The highest BCUT2D eigenvalue weighted by Crippen LogP contribution is 2.36. The van der Waals surface area contributed by atoms with Crippen molar-refractivity contribution in [1.82, 2.24) is 0 Å². The van der Waals surface area contributed by atoms with Crippen molar-refractivity contribution in [3.63, 3.8) is 0 Å². The molecule has 74 valence electrons. The molecular weight excluding hydrogens is 347 g/mol. The summed E-state index contributed by atoms with van der Waals surface area (Å²) in [4.78, 5) is 1.33. The van der Waals surface area contributed by atoms with Gasteiger partial charge in [0.2, 0.25) is 0 Å². The Balaban J connectivity index is 2.79. The maximum absolute atomic E-state index is 5.94. The minimum absolute atomic E-state index is 0.595. The van der Waals surface area contributed by atoms with Crippen LogP contribution in [0.3, 0.4) is 0 Å². The van der Waals surface area contributed by atoms with E-state index in [1.54, 1.807) is 23.1 Å². The van der Waals surface area contributed by atoms with Crippen molar-refractivity contribution in [2.75, 3.05) is 6.26 Å². The third-order valence-electron chi connectivity index (χ3n) is 2.06. The Hall–Kier alpha value is 0.550. The van der Waals surface area contributed by atoms with Gasteiger partial charge >= 0.3 is 0 Å². The SMILES string of the molecule is CSc1c(CCl)cc2ccsc2c1I. The first-order chi connectivity index (χ1) is 6.77. The van der Waals surface area contributed by atoms with Gasteiger partial charge in [0.15, 0.2) is 0 Å². The third kappa shape index (κ3) is 1.79. The van der Waals surface area contributed by atoms with E-state index in [-0.39, 0.29) is 0 Å². The zero-order valence-electron chi connectivity index (χ0n) is 7.51. The van der Waals surface area contributed by atoms with Crippen molar-refractivity contribution in [3.8, 4) is 0 Å². The molecule has 0 aliphatic rings. The van der Waals surface area contributed by atoms with Gasteiger partial charge in [-0.2, -0.15) is 0 Å². The van der Waals surface area contributed by atoms with E-state index < -0.39 is 0 Å². The first-order valence-corrected chi connectivity index (χ1v) is 7.78. The number of thioether (sulfide) groups is 1. The molecule has 14 heavy (non-hydrogen) atoms. The maximum atomic E-state index is 5.94. The lowest BCUT2D eigenvalue weighted by Gasteiger charge is -2.07. The van der Waals surface area contributed by atoms with Crippen LogP contribution in [0.5, 0.6) is 0 Å². The average molecular weight is 355 g/mol. The van der Waals surface area contributed by atoms with Crippen LogP contribution in [-0.4, -0.2) is 6.26 Å². The zero-order valence-corrected chi connectivity index (χ0v) is 12.1. The Labute approximate surface area is 110 Å². The highest BCUT2D eigenvalue weighted by molar-refractivity contribution is 14.1. The van der Waals surface area contributed by atoms with E-state index >= 15 is 0 Å². The number of fused-ring (bicyclic) bond motifs is 1. The van der Waals surface area contributed by atoms with Crippen LogP contribution in [0.1, 0.15) is 5.56 Å². The predicted molar refractivity (Wildman–Crippen MR) is 75.9 cm³/mol. The Morgan fingerprint density at radius 3 is 3.00 bits per heavy atom. The number of halogens is 2. The molecule has 1 aromatic heterocycles. The van der Waals surface area contributed by atoms with Crippen LogP contribution < -0.4 is 0 Å². The Morgan fingerprint density at radius 2 is 2.36 bits per heavy atom. The summed E-state index contributed by atoms with van der Waals surface area (Å²) in [7, 11) is 0. The number of hydrogen-bond donors (Lipinski definition) is 0. The Bertz CT molecular complexity index is 464. The molecule has 1 heterocycles. The van der Waals surface area contributed by atoms with Gasteiger partial charge in [-0.15, -0.1) is 34.7 Å². The van der Waals surface area contributed by atoms with Gasteiger partial charge in [-0.25, -0.2) is 0 Å². The number of benzene rings is 1. The first kappa shape index (κ1) is 11.0. The summed E-state index contributed by atoms with van der Waals surface area (Å²) in [6, 6.07) is 4.36. The molecule has 1 aromatic carbocycles. The van der Waals surface area contributed by atoms with Gasteiger partial charge in [-0.05, 0) is 57.3 Å². The average Bonchev–Trinajstić information content (AvgIpc) is 2.65. The molecule has 2 aromatic rings. The number of alkyl halides is 1. The normalized spacial score (nSPS) is 11.1. The molecule has 0 saturated carbocycles. The fourth-order valence-electron chi connectivity index (χ4n) is 1.43. The molecule has 0 nitrogen and oxygen atoms in total. The molecule has 0 N–H and O–H groups in total. The van der Waals surface area contributed by atoms with Crippen molar-refractivity contribution in [1.29, 1.82) is 0 Å². The van der Waals surface area contributed by atoms with Crippen LogP contribution in [-0.2, 0) is 5.88 Å². The van der Waals surface area contributed by atoms with E-state index in [0.29, 0.717) is 5.88 Å². The second-order valence-corrected chi connectivity index (χ2v) is 5.93. The van der Waals surface area contributed by atoms with E-state index in [1.807, 2.05) is 0 Å². The van der Waals surface area contributed by atoms with Crippen LogP contribution in [0, 0.1) is 3.57 Å². The predicted octanol–water partition coefficient (Wildman–Crippen LogP) is 4.97. The summed E-state index contributed by atoms with van der Waals surface area (Å²) in [5.74, 6) is 0.595. The summed E-state index contributed by atoms with van der Waals surface area (Å²) < 4.78 is 2.72. The van der Waals surface area contributed by atoms with Gasteiger partial charge in [0, 0.05) is 19.0 Å². The van der Waals surface area contributed by atoms with Gasteiger partial charge in [0.1, 0.15) is 0 Å². The topological polar surface area (TPSA) is 0 Å². The molecule has 4 heteroatoms. The van der Waals surface area contributed by atoms with E-state index in [2.05, 4.69) is 46.4 Å². The lowest BCUT2D eigenvalue weighted by atomic mass is 10.2. The molecule has 0 bridgehead atoms. The van der Waals surface area contributed by atoms with Crippen LogP contribution in [0.4, 0.5) is 0 Å². The molecular formula is C10H8ClIS2. The van der Waals surface area contributed by atoms with Crippen molar-refractivity contribution >= 4 is 67.4 Å². The summed E-state index contributed by atoms with van der Waals surface area (Å²) >= 11 is 11.9. The third-order valence-corrected chi connectivity index (χ3v) is 5.98. The van der Waals surface area contributed by atoms with Crippen LogP contribution in [0.15, 0.2) is 22.4 Å². The standard InChI is InChI=1S/C10H8ClIS2/c1-13-9-7(5-11)4-6-2-3-14-10(6)8(9)12/h2-4H,5H2,1H3. The smallest absolute Gasteiger partial charge is 0.0487 e. The van der Waals surface area contributed by atoms with Gasteiger partial charge < -0.3 is 0 Å². The lowest BCUT2D eigenvalue weighted by molar-refractivity contribution is 1.27. The molecule has 0 unspecified atom stereocenters. The van der Waals surface area contributed by atoms with Crippen molar-refractivity contribution in [2.24, 2.45) is 0 Å². The van der Waals surface area contributed by atoms with Gasteiger partial charge in [0.25, 0.3) is 0 Å². The fourth-order valence-corrected chi connectivity index (χ4v) is 4.98. The quantitative estimate of drug-likeness (QED) is 0.417. The van der Waals surface area contributed by atoms with Gasteiger partial charge in [-0.1, -0.05) is 0 Å². The Morgan fingerprint density at radius 1 is 1.57 bits per heavy atom. The van der Waals surface area contributed by atoms with E-state index in [4.69, 9.17) is 11.6 Å². The molecule has 0 saturated heterocycles. The monoisotopic (exact) mass is 354 g/mol. The molecule has 0 amide bonds. The molecule has 0 aliphatic carbocycles. The van der Waals surface area contributed by atoms with E-state index in [0.717, 1.165) is 0 Å². The lowest BCUT2D eigenvalue weighted by Crippen LogP contribution is -1.87. The number of hydrogen-bond acceptors (Lipinski definition) is 2. The first-order valence-electron chi connectivity index (χ1n) is 4.06. The summed E-state index contributed by atoms with van der Waals surface area (Å²) in [5.41, 5.74) is 1.24. The highest BCUT2D eigenvalue weighted by atomic mass is 127. The molecule has 0 radical (unpaired) electrons. The molecule has 0 spiro atoms. The molecule has 0 fully saturated rings.